The lowest BCUT2D eigenvalue weighted by molar-refractivity contribution is -0.147. The van der Waals surface area contributed by atoms with Crippen LogP contribution in [0.4, 0.5) is 0 Å². The highest BCUT2D eigenvalue weighted by molar-refractivity contribution is 5.89. The number of para-hydroxylation sites is 1. The minimum Gasteiger partial charge on any atom is -0.505 e. The van der Waals surface area contributed by atoms with Crippen molar-refractivity contribution in [2.45, 2.75) is 18.8 Å². The van der Waals surface area contributed by atoms with E-state index in [1.54, 1.807) is 0 Å². The Morgan fingerprint density at radius 2 is 1.91 bits per heavy atom. The first-order valence-corrected chi connectivity index (χ1v) is 6.77. The fraction of sp³-hybridized carbons (Fsp3) is 0.267. The number of carbonyl (C=O) groups excluding carboxylic acids is 1. The smallest absolute Gasteiger partial charge is 0.377 e. The number of fused-ring (bicyclic) bond motifs is 1. The highest BCUT2D eigenvalue weighted by Gasteiger charge is 2.38. The second-order valence-electron chi connectivity index (χ2n) is 4.83. The quantitative estimate of drug-likeness (QED) is 0.444. The Morgan fingerprint density at radius 1 is 1.22 bits per heavy atom. The molecule has 1 aromatic carbocycles. The van der Waals surface area contributed by atoms with Crippen LogP contribution in [0.3, 0.4) is 0 Å². The predicted octanol–water partition coefficient (Wildman–Crippen LogP) is 0.253. The van der Waals surface area contributed by atoms with Gasteiger partial charge in [-0.2, -0.15) is 0 Å². The Bertz CT molecular complexity index is 721. The Hall–Kier alpha value is -2.55. The van der Waals surface area contributed by atoms with Crippen LogP contribution in [0.15, 0.2) is 42.0 Å². The first-order valence-electron chi connectivity index (χ1n) is 6.77. The van der Waals surface area contributed by atoms with Gasteiger partial charge in [0.15, 0.2) is 11.9 Å². The van der Waals surface area contributed by atoms with Gasteiger partial charge in [0.2, 0.25) is 5.76 Å². The van der Waals surface area contributed by atoms with Crippen molar-refractivity contribution < 1.29 is 35.1 Å². The molecular weight excluding hydrogens is 306 g/mol. The van der Waals surface area contributed by atoms with E-state index < -0.39 is 36.3 Å². The molecule has 2 aromatic rings. The van der Waals surface area contributed by atoms with E-state index in [2.05, 4.69) is 9.72 Å². The van der Waals surface area contributed by atoms with Crippen molar-refractivity contribution in [3.05, 3.63) is 47.5 Å². The van der Waals surface area contributed by atoms with Crippen LogP contribution in [0, 0.1) is 0 Å². The van der Waals surface area contributed by atoms with E-state index in [-0.39, 0.29) is 6.61 Å². The number of hydrogen-bond acceptors (Lipinski definition) is 7. The minimum absolute atomic E-state index is 0.101. The Labute approximate surface area is 130 Å². The number of cyclic esters (lactones) is 1. The zero-order valence-corrected chi connectivity index (χ0v) is 12.0. The Balaban J connectivity index is 0.000000167. The molecule has 8 heteroatoms. The summed E-state index contributed by atoms with van der Waals surface area (Å²) in [4.78, 5) is 13.6. The third-order valence-electron chi connectivity index (χ3n) is 3.32. The van der Waals surface area contributed by atoms with E-state index in [4.69, 9.17) is 25.5 Å². The van der Waals surface area contributed by atoms with E-state index in [0.717, 1.165) is 16.5 Å². The maximum absolute atomic E-state index is 10.5. The van der Waals surface area contributed by atoms with Gasteiger partial charge in [-0.25, -0.2) is 4.79 Å². The molecule has 0 unspecified atom stereocenters. The maximum Gasteiger partial charge on any atom is 0.377 e. The first-order chi connectivity index (χ1) is 11.0. The SMILES string of the molecule is O=C1O[C@H]([C@@H](O)CO)C(O)=C1O.OCc1c[nH]c2ccccc12. The van der Waals surface area contributed by atoms with Gasteiger partial charge in [0, 0.05) is 22.7 Å². The summed E-state index contributed by atoms with van der Waals surface area (Å²) < 4.78 is 4.32. The Kier molecular flexibility index (Phi) is 5.22. The lowest BCUT2D eigenvalue weighted by Crippen LogP contribution is -2.31. The van der Waals surface area contributed by atoms with Crippen LogP contribution in [-0.2, 0) is 16.1 Å². The van der Waals surface area contributed by atoms with E-state index in [1.165, 1.54) is 0 Å². The number of rotatable bonds is 3. The Morgan fingerprint density at radius 3 is 2.48 bits per heavy atom. The summed E-state index contributed by atoms with van der Waals surface area (Å²) in [7, 11) is 0. The lowest BCUT2D eigenvalue weighted by Gasteiger charge is -2.13. The highest BCUT2D eigenvalue weighted by Crippen LogP contribution is 2.21. The molecule has 2 atom stereocenters. The third kappa shape index (κ3) is 3.45. The van der Waals surface area contributed by atoms with Gasteiger partial charge in [0.05, 0.1) is 13.2 Å². The number of benzene rings is 1. The number of ether oxygens (including phenoxy) is 1. The fourth-order valence-electron chi connectivity index (χ4n) is 2.09. The van der Waals surface area contributed by atoms with Crippen LogP contribution >= 0.6 is 0 Å². The van der Waals surface area contributed by atoms with Crippen LogP contribution in [0.1, 0.15) is 5.56 Å². The zero-order chi connectivity index (χ0) is 17.0. The molecule has 0 saturated heterocycles. The van der Waals surface area contributed by atoms with Gasteiger partial charge in [-0.1, -0.05) is 18.2 Å². The molecule has 0 bridgehead atoms. The predicted molar refractivity (Wildman–Crippen MR) is 79.5 cm³/mol. The van der Waals surface area contributed by atoms with Crippen molar-refractivity contribution in [2.24, 2.45) is 0 Å². The molecule has 6 N–H and O–H groups in total. The van der Waals surface area contributed by atoms with Gasteiger partial charge in [-0.05, 0) is 6.07 Å². The summed E-state index contributed by atoms with van der Waals surface area (Å²) in [6.45, 7) is -0.570. The average Bonchev–Trinajstić information content (AvgIpc) is 3.11. The standard InChI is InChI=1S/C9H9NO.C6H8O6/c11-6-7-5-10-9-4-2-1-3-8(7)9;7-1-2(8)5-3(9)4(10)6(11)12-5/h1-5,10-11H,6H2;2,5,7-10H,1H2/t;2-,5+/m.0/s1. The average molecular weight is 323 g/mol. The van der Waals surface area contributed by atoms with Gasteiger partial charge in [0.25, 0.3) is 0 Å². The fourth-order valence-corrected chi connectivity index (χ4v) is 2.09. The van der Waals surface area contributed by atoms with Crippen molar-refractivity contribution in [3.8, 4) is 0 Å². The van der Waals surface area contributed by atoms with Crippen molar-refractivity contribution in [1.29, 1.82) is 0 Å². The van der Waals surface area contributed by atoms with E-state index in [0.29, 0.717) is 0 Å². The van der Waals surface area contributed by atoms with Crippen molar-refractivity contribution in [2.75, 3.05) is 6.61 Å². The zero-order valence-electron chi connectivity index (χ0n) is 12.0. The minimum atomic E-state index is -1.42. The molecule has 1 aliphatic heterocycles. The number of nitrogens with one attached hydrogen (secondary N) is 1. The molecule has 0 fully saturated rings. The molecule has 1 aromatic heterocycles. The molecule has 8 nitrogen and oxygen atoms in total. The van der Waals surface area contributed by atoms with E-state index >= 15 is 0 Å². The summed E-state index contributed by atoms with van der Waals surface area (Å²) in [5, 5.41) is 45.1. The molecule has 0 saturated carbocycles. The number of H-pyrrole nitrogens is 1. The van der Waals surface area contributed by atoms with Crippen LogP contribution < -0.4 is 0 Å². The highest BCUT2D eigenvalue weighted by atomic mass is 16.6. The number of esters is 1. The van der Waals surface area contributed by atoms with Crippen LogP contribution in [0.2, 0.25) is 0 Å². The summed E-state index contributed by atoms with van der Waals surface area (Å²) in [5.41, 5.74) is 2.04. The molecule has 0 radical (unpaired) electrons. The number of aromatic amines is 1. The largest absolute Gasteiger partial charge is 0.505 e. The maximum atomic E-state index is 10.5. The second-order valence-corrected chi connectivity index (χ2v) is 4.83. The molecule has 0 aliphatic carbocycles. The molecule has 0 amide bonds. The van der Waals surface area contributed by atoms with E-state index in [9.17, 15) is 4.79 Å². The summed E-state index contributed by atoms with van der Waals surface area (Å²) in [5.74, 6) is -2.78. The summed E-state index contributed by atoms with van der Waals surface area (Å²) >= 11 is 0. The molecule has 2 heterocycles. The van der Waals surface area contributed by atoms with Gasteiger partial charge in [0.1, 0.15) is 6.10 Å². The molecule has 0 spiro atoms. The van der Waals surface area contributed by atoms with Crippen molar-refractivity contribution >= 4 is 16.9 Å². The second kappa shape index (κ2) is 7.14. The topological polar surface area (TPSA) is 143 Å². The van der Waals surface area contributed by atoms with Gasteiger partial charge in [-0.15, -0.1) is 0 Å². The van der Waals surface area contributed by atoms with Crippen LogP contribution in [0.5, 0.6) is 0 Å². The number of hydrogen-bond donors (Lipinski definition) is 6. The van der Waals surface area contributed by atoms with Crippen molar-refractivity contribution in [3.63, 3.8) is 0 Å². The molecule has 3 rings (SSSR count). The third-order valence-corrected chi connectivity index (χ3v) is 3.32. The molecular formula is C15H17NO7. The van der Waals surface area contributed by atoms with Gasteiger partial charge < -0.3 is 35.3 Å². The molecule has 23 heavy (non-hydrogen) atoms. The first kappa shape index (κ1) is 16.8. The van der Waals surface area contributed by atoms with Crippen molar-refractivity contribution in [1.82, 2.24) is 4.98 Å². The monoisotopic (exact) mass is 323 g/mol. The summed E-state index contributed by atoms with van der Waals surface area (Å²) in [6.07, 6.45) is -0.939. The molecule has 1 aliphatic rings. The van der Waals surface area contributed by atoms with Gasteiger partial charge >= 0.3 is 5.97 Å². The summed E-state index contributed by atoms with van der Waals surface area (Å²) in [6, 6.07) is 7.93. The number of aliphatic hydroxyl groups excluding tert-OH is 5. The number of aliphatic hydroxyl groups is 5. The number of carbonyl (C=O) groups is 1. The lowest BCUT2D eigenvalue weighted by atomic mass is 10.2. The van der Waals surface area contributed by atoms with Crippen LogP contribution in [0.25, 0.3) is 10.9 Å². The molecule has 124 valence electrons. The van der Waals surface area contributed by atoms with Crippen LogP contribution in [-0.4, -0.2) is 55.3 Å². The van der Waals surface area contributed by atoms with E-state index in [1.807, 2.05) is 30.5 Å². The number of aromatic nitrogens is 1. The van der Waals surface area contributed by atoms with Gasteiger partial charge in [-0.3, -0.25) is 0 Å². The normalized spacial score (nSPS) is 18.6.